The van der Waals surface area contributed by atoms with Gasteiger partial charge in [0.15, 0.2) is 5.82 Å². The summed E-state index contributed by atoms with van der Waals surface area (Å²) < 4.78 is 18.8. The summed E-state index contributed by atoms with van der Waals surface area (Å²) in [4.78, 5) is 4.30. The van der Waals surface area contributed by atoms with Gasteiger partial charge >= 0.3 is 0 Å². The van der Waals surface area contributed by atoms with Crippen molar-refractivity contribution in [2.24, 2.45) is 0 Å². The van der Waals surface area contributed by atoms with Crippen molar-refractivity contribution in [2.45, 2.75) is 13.3 Å². The standard InChI is InChI=1S/C16H14FN3O/c1-10-8-12(6-7-14(10)18)16-19-15(20-21-16)9-11-4-2-3-5-13(11)17/h2-8H,9,18H2,1H3. The van der Waals surface area contributed by atoms with E-state index in [1.54, 1.807) is 24.3 Å². The van der Waals surface area contributed by atoms with Gasteiger partial charge in [-0.3, -0.25) is 0 Å². The maximum absolute atomic E-state index is 13.6. The highest BCUT2D eigenvalue weighted by Gasteiger charge is 2.11. The van der Waals surface area contributed by atoms with Crippen LogP contribution in [0.3, 0.4) is 0 Å². The smallest absolute Gasteiger partial charge is 0.257 e. The van der Waals surface area contributed by atoms with Crippen molar-refractivity contribution in [3.63, 3.8) is 0 Å². The molecule has 1 aromatic heterocycles. The lowest BCUT2D eigenvalue weighted by molar-refractivity contribution is 0.423. The minimum absolute atomic E-state index is 0.271. The molecule has 3 rings (SSSR count). The molecule has 4 nitrogen and oxygen atoms in total. The summed E-state index contributed by atoms with van der Waals surface area (Å²) >= 11 is 0. The molecule has 0 amide bonds. The van der Waals surface area contributed by atoms with Crippen molar-refractivity contribution in [1.29, 1.82) is 0 Å². The van der Waals surface area contributed by atoms with Gasteiger partial charge < -0.3 is 10.3 Å². The van der Waals surface area contributed by atoms with Crippen molar-refractivity contribution in [1.82, 2.24) is 10.1 Å². The molecule has 0 fully saturated rings. The molecule has 0 spiro atoms. The molecule has 0 saturated carbocycles. The summed E-state index contributed by atoms with van der Waals surface area (Å²) in [6.07, 6.45) is 0.296. The van der Waals surface area contributed by atoms with Gasteiger partial charge in [-0.15, -0.1) is 0 Å². The van der Waals surface area contributed by atoms with Gasteiger partial charge in [0.25, 0.3) is 5.89 Å². The lowest BCUT2D eigenvalue weighted by Gasteiger charge is -2.00. The first-order valence-electron chi connectivity index (χ1n) is 6.56. The van der Waals surface area contributed by atoms with Gasteiger partial charge in [-0.25, -0.2) is 4.39 Å². The molecule has 0 aliphatic carbocycles. The second-order valence-corrected chi connectivity index (χ2v) is 4.86. The molecule has 21 heavy (non-hydrogen) atoms. The van der Waals surface area contributed by atoms with Crippen molar-refractivity contribution in [2.75, 3.05) is 5.73 Å². The Hall–Kier alpha value is -2.69. The second-order valence-electron chi connectivity index (χ2n) is 4.86. The third-order valence-corrected chi connectivity index (χ3v) is 3.29. The van der Waals surface area contributed by atoms with Gasteiger partial charge in [-0.1, -0.05) is 23.4 Å². The largest absolute Gasteiger partial charge is 0.399 e. The number of rotatable bonds is 3. The van der Waals surface area contributed by atoms with Crippen LogP contribution in [0.1, 0.15) is 17.0 Å². The van der Waals surface area contributed by atoms with Crippen molar-refractivity contribution in [3.05, 3.63) is 65.2 Å². The zero-order chi connectivity index (χ0) is 14.8. The zero-order valence-electron chi connectivity index (χ0n) is 11.5. The number of benzene rings is 2. The molecule has 0 bridgehead atoms. The molecular weight excluding hydrogens is 269 g/mol. The average molecular weight is 283 g/mol. The number of aryl methyl sites for hydroxylation is 1. The topological polar surface area (TPSA) is 64.9 Å². The quantitative estimate of drug-likeness (QED) is 0.748. The number of hydrogen-bond acceptors (Lipinski definition) is 4. The van der Waals surface area contributed by atoms with Crippen LogP contribution < -0.4 is 5.73 Å². The van der Waals surface area contributed by atoms with E-state index in [0.29, 0.717) is 29.4 Å². The molecule has 2 aromatic carbocycles. The number of nitrogens with two attached hydrogens (primary N) is 1. The Kier molecular flexibility index (Phi) is 3.39. The highest BCUT2D eigenvalue weighted by atomic mass is 19.1. The van der Waals surface area contributed by atoms with Gasteiger partial charge in [0.05, 0.1) is 0 Å². The van der Waals surface area contributed by atoms with Gasteiger partial charge in [-0.05, 0) is 42.3 Å². The zero-order valence-corrected chi connectivity index (χ0v) is 11.5. The number of nitrogens with zero attached hydrogens (tertiary/aromatic N) is 2. The van der Waals surface area contributed by atoms with Gasteiger partial charge in [0.1, 0.15) is 5.82 Å². The summed E-state index contributed by atoms with van der Waals surface area (Å²) in [7, 11) is 0. The third kappa shape index (κ3) is 2.76. The highest BCUT2D eigenvalue weighted by Crippen LogP contribution is 2.22. The van der Waals surface area contributed by atoms with Crippen molar-refractivity contribution >= 4 is 5.69 Å². The van der Waals surface area contributed by atoms with E-state index in [-0.39, 0.29) is 5.82 Å². The molecule has 0 radical (unpaired) electrons. The molecule has 0 aliphatic heterocycles. The first-order chi connectivity index (χ1) is 10.1. The van der Waals surface area contributed by atoms with E-state index >= 15 is 0 Å². The Morgan fingerprint density at radius 1 is 1.19 bits per heavy atom. The Morgan fingerprint density at radius 3 is 2.76 bits per heavy atom. The number of hydrogen-bond donors (Lipinski definition) is 1. The summed E-state index contributed by atoms with van der Waals surface area (Å²) in [6.45, 7) is 1.91. The maximum Gasteiger partial charge on any atom is 0.257 e. The minimum atomic E-state index is -0.271. The fourth-order valence-corrected chi connectivity index (χ4v) is 2.06. The first kappa shape index (κ1) is 13.3. The highest BCUT2D eigenvalue weighted by molar-refractivity contribution is 5.60. The van der Waals surface area contributed by atoms with E-state index in [1.165, 1.54) is 6.07 Å². The van der Waals surface area contributed by atoms with Crippen molar-refractivity contribution < 1.29 is 8.91 Å². The lowest BCUT2D eigenvalue weighted by Crippen LogP contribution is -1.94. The van der Waals surface area contributed by atoms with Crippen LogP contribution in [-0.2, 0) is 6.42 Å². The van der Waals surface area contributed by atoms with Gasteiger partial charge in [-0.2, -0.15) is 4.98 Å². The van der Waals surface area contributed by atoms with Crippen LogP contribution in [0, 0.1) is 12.7 Å². The van der Waals surface area contributed by atoms with Crippen LogP contribution >= 0.6 is 0 Å². The molecule has 0 atom stereocenters. The van der Waals surface area contributed by atoms with Crippen LogP contribution in [-0.4, -0.2) is 10.1 Å². The van der Waals surface area contributed by atoms with Crippen molar-refractivity contribution in [3.8, 4) is 11.5 Å². The number of aromatic nitrogens is 2. The van der Waals surface area contributed by atoms with Crippen LogP contribution in [0.4, 0.5) is 10.1 Å². The van der Waals surface area contributed by atoms with E-state index in [9.17, 15) is 4.39 Å². The Labute approximate surface area is 121 Å². The number of anilines is 1. The Bertz CT molecular complexity index is 783. The third-order valence-electron chi connectivity index (χ3n) is 3.29. The fourth-order valence-electron chi connectivity index (χ4n) is 2.06. The van der Waals surface area contributed by atoms with Crippen LogP contribution in [0.2, 0.25) is 0 Å². The van der Waals surface area contributed by atoms with Crippen LogP contribution in [0.25, 0.3) is 11.5 Å². The van der Waals surface area contributed by atoms with E-state index in [0.717, 1.165) is 11.1 Å². The Morgan fingerprint density at radius 2 is 2.00 bits per heavy atom. The molecule has 0 aliphatic rings. The molecule has 3 aromatic rings. The van der Waals surface area contributed by atoms with Gasteiger partial charge in [0, 0.05) is 17.7 Å². The predicted molar refractivity (Wildman–Crippen MR) is 78.1 cm³/mol. The molecule has 0 saturated heterocycles. The monoisotopic (exact) mass is 283 g/mol. The summed E-state index contributed by atoms with van der Waals surface area (Å²) in [5, 5.41) is 3.90. The fraction of sp³-hybridized carbons (Fsp3) is 0.125. The average Bonchev–Trinajstić information content (AvgIpc) is 2.93. The second kappa shape index (κ2) is 5.36. The summed E-state index contributed by atoms with van der Waals surface area (Å²) in [5.41, 5.74) is 8.78. The van der Waals surface area contributed by atoms with Crippen LogP contribution in [0.15, 0.2) is 47.0 Å². The molecule has 1 heterocycles. The molecule has 5 heteroatoms. The molecule has 2 N–H and O–H groups in total. The summed E-state index contributed by atoms with van der Waals surface area (Å²) in [6, 6.07) is 12.1. The Balaban J connectivity index is 1.86. The number of halogens is 1. The lowest BCUT2D eigenvalue weighted by atomic mass is 10.1. The van der Waals surface area contributed by atoms with E-state index in [2.05, 4.69) is 10.1 Å². The van der Waals surface area contributed by atoms with Crippen LogP contribution in [0.5, 0.6) is 0 Å². The normalized spacial score (nSPS) is 10.8. The van der Waals surface area contributed by atoms with E-state index in [1.807, 2.05) is 19.1 Å². The van der Waals surface area contributed by atoms with E-state index in [4.69, 9.17) is 10.3 Å². The molecule has 0 unspecified atom stereocenters. The predicted octanol–water partition coefficient (Wildman–Crippen LogP) is 3.36. The molecular formula is C16H14FN3O. The SMILES string of the molecule is Cc1cc(-c2nc(Cc3ccccc3F)no2)ccc1N. The van der Waals surface area contributed by atoms with Gasteiger partial charge in [0.2, 0.25) is 0 Å². The molecule has 106 valence electrons. The summed E-state index contributed by atoms with van der Waals surface area (Å²) in [5.74, 6) is 0.584. The first-order valence-corrected chi connectivity index (χ1v) is 6.56. The number of nitrogen functional groups attached to an aromatic ring is 1. The minimum Gasteiger partial charge on any atom is -0.399 e. The maximum atomic E-state index is 13.6. The van der Waals surface area contributed by atoms with E-state index < -0.39 is 0 Å².